The number of aromatic carboxylic acids is 1. The number of carboxylic acids is 1. The maximum atomic E-state index is 12.5. The van der Waals surface area contributed by atoms with E-state index in [1.165, 1.54) is 18.3 Å². The molecule has 1 aromatic heterocycles. The van der Waals surface area contributed by atoms with Gasteiger partial charge in [-0.1, -0.05) is 0 Å². The predicted molar refractivity (Wildman–Crippen MR) is 99.4 cm³/mol. The summed E-state index contributed by atoms with van der Waals surface area (Å²) in [5, 5.41) is 9.03. The van der Waals surface area contributed by atoms with Crippen molar-refractivity contribution in [2.75, 3.05) is 38.2 Å². The minimum Gasteiger partial charge on any atom is -0.497 e. The third kappa shape index (κ3) is 4.28. The molecule has 8 heteroatoms. The van der Waals surface area contributed by atoms with Crippen LogP contribution in [-0.4, -0.2) is 59.7 Å². The zero-order chi connectivity index (χ0) is 19.4. The number of nitrogens with zero attached hydrogens (tertiary/aromatic N) is 3. The molecule has 1 aliphatic heterocycles. The van der Waals surface area contributed by atoms with Gasteiger partial charge in [-0.05, 0) is 30.3 Å². The number of carbonyl (C=O) groups excluding carboxylic acids is 1. The Balaban J connectivity index is 1.61. The smallest absolute Gasteiger partial charge is 0.337 e. The summed E-state index contributed by atoms with van der Waals surface area (Å²) in [6.07, 6.45) is 1.20. The van der Waals surface area contributed by atoms with Crippen LogP contribution in [-0.2, 0) is 11.3 Å². The first-order chi connectivity index (χ1) is 13.0. The van der Waals surface area contributed by atoms with E-state index in [9.17, 15) is 14.4 Å². The standard InChI is InChI=1S/C19H21N3O5/c1-27-16-5-3-15(4-6-16)20-8-10-21(11-9-20)18(24)13-22-12-14(19(25)26)2-7-17(22)23/h2-7,12H,8-11,13H2,1H3,(H,25,26). The number of aromatic nitrogens is 1. The largest absolute Gasteiger partial charge is 0.497 e. The third-order valence-corrected chi connectivity index (χ3v) is 4.61. The second-order valence-electron chi connectivity index (χ2n) is 6.25. The van der Waals surface area contributed by atoms with E-state index in [0.717, 1.165) is 16.0 Å². The van der Waals surface area contributed by atoms with Gasteiger partial charge in [0.2, 0.25) is 5.91 Å². The fourth-order valence-electron chi connectivity index (χ4n) is 3.03. The molecule has 1 fully saturated rings. The van der Waals surface area contributed by atoms with Crippen LogP contribution in [0, 0.1) is 0 Å². The monoisotopic (exact) mass is 371 g/mol. The summed E-state index contributed by atoms with van der Waals surface area (Å²) in [6, 6.07) is 10.2. The molecule has 1 amide bonds. The van der Waals surface area contributed by atoms with Crippen molar-refractivity contribution in [3.8, 4) is 5.75 Å². The number of amides is 1. The maximum Gasteiger partial charge on any atom is 0.337 e. The van der Waals surface area contributed by atoms with Gasteiger partial charge < -0.3 is 24.2 Å². The zero-order valence-corrected chi connectivity index (χ0v) is 15.0. The summed E-state index contributed by atoms with van der Waals surface area (Å²) < 4.78 is 6.30. The molecule has 1 aliphatic rings. The molecule has 2 heterocycles. The number of pyridine rings is 1. The third-order valence-electron chi connectivity index (χ3n) is 4.61. The van der Waals surface area contributed by atoms with Crippen LogP contribution >= 0.6 is 0 Å². The Labute approximate surface area is 156 Å². The highest BCUT2D eigenvalue weighted by Crippen LogP contribution is 2.20. The van der Waals surface area contributed by atoms with Crippen LogP contribution in [0.25, 0.3) is 0 Å². The van der Waals surface area contributed by atoms with Crippen molar-refractivity contribution in [1.82, 2.24) is 9.47 Å². The van der Waals surface area contributed by atoms with Crippen LogP contribution in [0.3, 0.4) is 0 Å². The van der Waals surface area contributed by atoms with Gasteiger partial charge in [-0.15, -0.1) is 0 Å². The van der Waals surface area contributed by atoms with Crippen molar-refractivity contribution in [2.45, 2.75) is 6.54 Å². The Morgan fingerprint density at radius 1 is 1.04 bits per heavy atom. The number of rotatable bonds is 5. The average Bonchev–Trinajstić information content (AvgIpc) is 2.69. The number of carboxylic acid groups (broad SMARTS) is 1. The number of ether oxygens (including phenoxy) is 1. The Bertz CT molecular complexity index is 883. The van der Waals surface area contributed by atoms with Gasteiger partial charge in [0.15, 0.2) is 0 Å². The highest BCUT2D eigenvalue weighted by molar-refractivity contribution is 5.87. The molecule has 0 unspecified atom stereocenters. The lowest BCUT2D eigenvalue weighted by Gasteiger charge is -2.36. The topological polar surface area (TPSA) is 92.1 Å². The van der Waals surface area contributed by atoms with Crippen molar-refractivity contribution < 1.29 is 19.4 Å². The van der Waals surface area contributed by atoms with Gasteiger partial charge in [0, 0.05) is 44.1 Å². The second kappa shape index (κ2) is 7.94. The Kier molecular flexibility index (Phi) is 5.44. The molecular weight excluding hydrogens is 350 g/mol. The molecule has 0 radical (unpaired) electrons. The lowest BCUT2D eigenvalue weighted by molar-refractivity contribution is -0.132. The number of hydrogen-bond donors (Lipinski definition) is 1. The van der Waals surface area contributed by atoms with E-state index in [-0.39, 0.29) is 18.0 Å². The number of anilines is 1. The average molecular weight is 371 g/mol. The number of hydrogen-bond acceptors (Lipinski definition) is 5. The van der Waals surface area contributed by atoms with E-state index < -0.39 is 11.5 Å². The van der Waals surface area contributed by atoms with Crippen LogP contribution in [0.4, 0.5) is 5.69 Å². The van der Waals surface area contributed by atoms with Crippen molar-refractivity contribution in [3.05, 3.63) is 58.5 Å². The minimum absolute atomic E-state index is 0.0216. The minimum atomic E-state index is -1.13. The molecule has 3 rings (SSSR count). The van der Waals surface area contributed by atoms with Crippen LogP contribution in [0.1, 0.15) is 10.4 Å². The van der Waals surface area contributed by atoms with E-state index in [1.54, 1.807) is 12.0 Å². The Morgan fingerprint density at radius 2 is 1.70 bits per heavy atom. The Hall–Kier alpha value is -3.29. The van der Waals surface area contributed by atoms with Crippen molar-refractivity contribution in [1.29, 1.82) is 0 Å². The zero-order valence-electron chi connectivity index (χ0n) is 15.0. The molecule has 142 valence electrons. The fraction of sp³-hybridized carbons (Fsp3) is 0.316. The van der Waals surface area contributed by atoms with Crippen molar-refractivity contribution >= 4 is 17.6 Å². The van der Waals surface area contributed by atoms with Crippen LogP contribution in [0.5, 0.6) is 5.75 Å². The van der Waals surface area contributed by atoms with E-state index in [0.29, 0.717) is 26.2 Å². The molecule has 0 saturated carbocycles. The first-order valence-electron chi connectivity index (χ1n) is 8.58. The van der Waals surface area contributed by atoms with E-state index in [2.05, 4.69) is 4.90 Å². The quantitative estimate of drug-likeness (QED) is 0.840. The first kappa shape index (κ1) is 18.5. The van der Waals surface area contributed by atoms with Crippen LogP contribution in [0.15, 0.2) is 47.4 Å². The second-order valence-corrected chi connectivity index (χ2v) is 6.25. The summed E-state index contributed by atoms with van der Waals surface area (Å²) >= 11 is 0. The lowest BCUT2D eigenvalue weighted by atomic mass is 10.2. The van der Waals surface area contributed by atoms with Gasteiger partial charge in [0.05, 0.1) is 12.7 Å². The maximum absolute atomic E-state index is 12.5. The number of piperazine rings is 1. The van der Waals surface area contributed by atoms with Crippen LogP contribution in [0.2, 0.25) is 0 Å². The summed E-state index contributed by atoms with van der Waals surface area (Å²) in [5.41, 5.74) is 0.644. The molecule has 0 atom stereocenters. The van der Waals surface area contributed by atoms with Gasteiger partial charge in [-0.3, -0.25) is 9.59 Å². The molecule has 1 N–H and O–H groups in total. The predicted octanol–water partition coefficient (Wildman–Crippen LogP) is 0.904. The normalized spacial score (nSPS) is 14.1. The van der Waals surface area contributed by atoms with Gasteiger partial charge >= 0.3 is 5.97 Å². The highest BCUT2D eigenvalue weighted by Gasteiger charge is 2.22. The fourth-order valence-corrected chi connectivity index (χ4v) is 3.03. The van der Waals surface area contributed by atoms with Gasteiger partial charge in [-0.25, -0.2) is 4.79 Å². The molecule has 0 spiro atoms. The van der Waals surface area contributed by atoms with Crippen molar-refractivity contribution in [3.63, 3.8) is 0 Å². The van der Waals surface area contributed by atoms with E-state index >= 15 is 0 Å². The first-order valence-corrected chi connectivity index (χ1v) is 8.58. The summed E-state index contributed by atoms with van der Waals surface area (Å²) in [6.45, 7) is 2.28. The molecule has 1 aromatic carbocycles. The molecule has 0 aliphatic carbocycles. The van der Waals surface area contributed by atoms with E-state index in [1.807, 2.05) is 24.3 Å². The molecule has 27 heavy (non-hydrogen) atoms. The molecule has 0 bridgehead atoms. The van der Waals surface area contributed by atoms with Gasteiger partial charge in [-0.2, -0.15) is 0 Å². The van der Waals surface area contributed by atoms with Crippen molar-refractivity contribution in [2.24, 2.45) is 0 Å². The molecular formula is C19H21N3O5. The SMILES string of the molecule is COc1ccc(N2CCN(C(=O)Cn3cc(C(=O)O)ccc3=O)CC2)cc1. The Morgan fingerprint density at radius 3 is 2.30 bits per heavy atom. The van der Waals surface area contributed by atoms with Crippen LogP contribution < -0.4 is 15.2 Å². The lowest BCUT2D eigenvalue weighted by Crippen LogP contribution is -2.50. The van der Waals surface area contributed by atoms with Gasteiger partial charge in [0.25, 0.3) is 5.56 Å². The summed E-state index contributed by atoms with van der Waals surface area (Å²) in [4.78, 5) is 39.3. The number of methoxy groups -OCH3 is 1. The number of carbonyl (C=O) groups is 2. The summed E-state index contributed by atoms with van der Waals surface area (Å²) in [7, 11) is 1.62. The molecule has 8 nitrogen and oxygen atoms in total. The highest BCUT2D eigenvalue weighted by atomic mass is 16.5. The molecule has 1 saturated heterocycles. The summed E-state index contributed by atoms with van der Waals surface area (Å²) in [5.74, 6) is -0.542. The van der Waals surface area contributed by atoms with E-state index in [4.69, 9.17) is 9.84 Å². The number of benzene rings is 1. The van der Waals surface area contributed by atoms with Gasteiger partial charge in [0.1, 0.15) is 12.3 Å². The molecule has 2 aromatic rings.